The lowest BCUT2D eigenvalue weighted by Crippen LogP contribution is -2.46. The quantitative estimate of drug-likeness (QED) is 0.138. The molecule has 1 aliphatic rings. The van der Waals surface area contributed by atoms with Crippen LogP contribution in [0.4, 0.5) is 4.79 Å². The number of alkyl carbamates (subject to hydrolysis) is 1. The fourth-order valence-electron chi connectivity index (χ4n) is 3.46. The Hall–Kier alpha value is -1.50. The normalized spacial score (nSPS) is 16.2. The molecule has 0 saturated carbocycles. The summed E-state index contributed by atoms with van der Waals surface area (Å²) in [6.45, 7) is 6.45. The maximum atomic E-state index is 12.8. The van der Waals surface area contributed by atoms with Gasteiger partial charge in [0, 0.05) is 50.1 Å². The first-order valence-electron chi connectivity index (χ1n) is 13.1. The van der Waals surface area contributed by atoms with Crippen molar-refractivity contribution in [2.24, 2.45) is 0 Å². The second kappa shape index (κ2) is 19.6. The highest BCUT2D eigenvalue weighted by molar-refractivity contribution is 8.77. The molecule has 3 amide bonds. The smallest absolute Gasteiger partial charge is 0.408 e. The number of unbranched alkanes of at least 4 members (excludes halogenated alkanes) is 1. The van der Waals surface area contributed by atoms with Crippen molar-refractivity contribution in [1.82, 2.24) is 16.0 Å². The van der Waals surface area contributed by atoms with Crippen LogP contribution in [0.15, 0.2) is 0 Å². The van der Waals surface area contributed by atoms with E-state index in [0.29, 0.717) is 37.7 Å². The predicted octanol–water partition coefficient (Wildman–Crippen LogP) is 2.96. The van der Waals surface area contributed by atoms with Crippen molar-refractivity contribution in [3.63, 3.8) is 0 Å². The van der Waals surface area contributed by atoms with E-state index in [4.69, 9.17) is 14.6 Å². The highest BCUT2D eigenvalue weighted by atomic mass is 33.1. The summed E-state index contributed by atoms with van der Waals surface area (Å²) in [7, 11) is 3.88. The summed E-state index contributed by atoms with van der Waals surface area (Å²) in [5.41, 5.74) is -0.745. The SMILES string of the molecule is CC(C)(C)OC(=O)N[C@@H](CC(=O)NCCOCCCO)C(=O)CCCNC(=O)CCCCC1CCSS1. The van der Waals surface area contributed by atoms with Crippen molar-refractivity contribution in [2.45, 2.75) is 95.5 Å². The number of ketones is 1. The van der Waals surface area contributed by atoms with Crippen LogP contribution in [0.1, 0.15) is 78.6 Å². The first-order chi connectivity index (χ1) is 17.6. The zero-order valence-corrected chi connectivity index (χ0v) is 24.1. The highest BCUT2D eigenvalue weighted by Crippen LogP contribution is 2.39. The van der Waals surface area contributed by atoms with E-state index in [1.54, 1.807) is 20.8 Å². The van der Waals surface area contributed by atoms with Crippen LogP contribution >= 0.6 is 21.6 Å². The van der Waals surface area contributed by atoms with Gasteiger partial charge in [-0.15, -0.1) is 0 Å². The minimum atomic E-state index is -1.03. The third-order valence-electron chi connectivity index (χ3n) is 5.31. The van der Waals surface area contributed by atoms with Crippen LogP contribution in [0.25, 0.3) is 0 Å². The molecule has 1 fully saturated rings. The molecule has 0 aromatic carbocycles. The molecule has 0 aliphatic carbocycles. The van der Waals surface area contributed by atoms with Gasteiger partial charge in [-0.25, -0.2) is 4.79 Å². The van der Waals surface area contributed by atoms with Crippen molar-refractivity contribution >= 4 is 45.3 Å². The van der Waals surface area contributed by atoms with Gasteiger partial charge in [0.25, 0.3) is 0 Å². The minimum absolute atomic E-state index is 0.0232. The number of hydrogen-bond acceptors (Lipinski definition) is 9. The van der Waals surface area contributed by atoms with Gasteiger partial charge in [0.15, 0.2) is 5.78 Å². The second-order valence-corrected chi connectivity index (χ2v) is 12.7. The van der Waals surface area contributed by atoms with Gasteiger partial charge < -0.3 is 30.5 Å². The van der Waals surface area contributed by atoms with E-state index < -0.39 is 23.6 Å². The number of amides is 3. The van der Waals surface area contributed by atoms with Crippen molar-refractivity contribution in [1.29, 1.82) is 0 Å². The molecule has 0 aromatic rings. The van der Waals surface area contributed by atoms with Crippen LogP contribution in [-0.4, -0.2) is 84.4 Å². The van der Waals surface area contributed by atoms with Gasteiger partial charge in [-0.3, -0.25) is 14.4 Å². The summed E-state index contributed by atoms with van der Waals surface area (Å²) in [5, 5.41) is 17.5. The van der Waals surface area contributed by atoms with Crippen LogP contribution in [0.2, 0.25) is 0 Å². The zero-order chi connectivity index (χ0) is 27.5. The Balaban J connectivity index is 2.37. The molecule has 0 radical (unpaired) electrons. The van der Waals surface area contributed by atoms with E-state index in [9.17, 15) is 19.2 Å². The lowest BCUT2D eigenvalue weighted by atomic mass is 10.0. The van der Waals surface area contributed by atoms with E-state index >= 15 is 0 Å². The number of nitrogens with one attached hydrogen (secondary N) is 3. The van der Waals surface area contributed by atoms with Crippen molar-refractivity contribution in [3.05, 3.63) is 0 Å². The molecule has 37 heavy (non-hydrogen) atoms. The van der Waals surface area contributed by atoms with Gasteiger partial charge in [-0.2, -0.15) is 0 Å². The number of rotatable bonds is 19. The molecule has 10 nitrogen and oxygen atoms in total. The van der Waals surface area contributed by atoms with Gasteiger partial charge in [-0.05, 0) is 52.9 Å². The van der Waals surface area contributed by atoms with Crippen molar-refractivity contribution in [2.75, 3.05) is 38.7 Å². The number of Topliss-reactive ketones (excluding diaryl/α,β-unsaturated/α-hetero) is 1. The largest absolute Gasteiger partial charge is 0.444 e. The standard InChI is InChI=1S/C25H45N3O7S2/c1-25(2,3)35-24(33)28-20(18-23(32)27-13-16-34-15-7-14-29)21(30)9-6-12-26-22(31)10-5-4-8-19-11-17-36-37-19/h19-20,29H,4-18H2,1-3H3,(H,26,31)(H,27,32)(H,28,33)/t19?,20-/m0/s1. The number of hydrogen-bond donors (Lipinski definition) is 4. The number of ether oxygens (including phenoxy) is 2. The van der Waals surface area contributed by atoms with Gasteiger partial charge in [0.1, 0.15) is 5.60 Å². The molecule has 1 aliphatic heterocycles. The molecule has 4 N–H and O–H groups in total. The van der Waals surface area contributed by atoms with Gasteiger partial charge in [-0.1, -0.05) is 28.0 Å². The average Bonchev–Trinajstić information content (AvgIpc) is 3.33. The second-order valence-electron chi connectivity index (χ2n) is 9.94. The monoisotopic (exact) mass is 563 g/mol. The minimum Gasteiger partial charge on any atom is -0.444 e. The molecule has 2 atom stereocenters. The van der Waals surface area contributed by atoms with Crippen LogP contribution in [0.5, 0.6) is 0 Å². The van der Waals surface area contributed by atoms with E-state index in [0.717, 1.165) is 19.3 Å². The van der Waals surface area contributed by atoms with Crippen molar-refractivity contribution < 1.29 is 33.8 Å². The Morgan fingerprint density at radius 1 is 0.973 bits per heavy atom. The van der Waals surface area contributed by atoms with Crippen LogP contribution in [0.3, 0.4) is 0 Å². The molecule has 1 rings (SSSR count). The fourth-order valence-corrected chi connectivity index (χ4v) is 6.49. The summed E-state index contributed by atoms with van der Waals surface area (Å²) in [6.07, 6.45) is 4.82. The van der Waals surface area contributed by atoms with Crippen LogP contribution in [0, 0.1) is 0 Å². The Labute approximate surface area is 228 Å². The molecule has 214 valence electrons. The molecule has 0 aromatic heterocycles. The molecule has 1 saturated heterocycles. The van der Waals surface area contributed by atoms with Crippen LogP contribution in [-0.2, 0) is 23.9 Å². The zero-order valence-electron chi connectivity index (χ0n) is 22.5. The molecule has 0 spiro atoms. The number of aliphatic hydroxyl groups excluding tert-OH is 1. The number of carbonyl (C=O) groups excluding carboxylic acids is 4. The summed E-state index contributed by atoms with van der Waals surface area (Å²) < 4.78 is 10.5. The average molecular weight is 564 g/mol. The summed E-state index contributed by atoms with van der Waals surface area (Å²) >= 11 is 0. The summed E-state index contributed by atoms with van der Waals surface area (Å²) in [5.74, 6) is 0.489. The molecule has 0 bridgehead atoms. The van der Waals surface area contributed by atoms with Gasteiger partial charge in [0.05, 0.1) is 19.1 Å². The lowest BCUT2D eigenvalue weighted by molar-refractivity contribution is -0.127. The Bertz CT molecular complexity index is 698. The third-order valence-corrected chi connectivity index (χ3v) is 8.32. The van der Waals surface area contributed by atoms with Crippen LogP contribution < -0.4 is 16.0 Å². The maximum Gasteiger partial charge on any atom is 0.408 e. The fraction of sp³-hybridized carbons (Fsp3) is 0.840. The Morgan fingerprint density at radius 2 is 1.73 bits per heavy atom. The summed E-state index contributed by atoms with van der Waals surface area (Å²) in [4.78, 5) is 49.4. The molecular formula is C25H45N3O7S2. The topological polar surface area (TPSA) is 143 Å². The maximum absolute atomic E-state index is 12.8. The number of aliphatic hydroxyl groups is 1. The highest BCUT2D eigenvalue weighted by Gasteiger charge is 2.26. The first-order valence-corrected chi connectivity index (χ1v) is 15.5. The van der Waals surface area contributed by atoms with E-state index in [1.165, 1.54) is 12.2 Å². The Kier molecular flexibility index (Phi) is 17.7. The molecule has 12 heteroatoms. The first kappa shape index (κ1) is 33.5. The Morgan fingerprint density at radius 3 is 2.41 bits per heavy atom. The summed E-state index contributed by atoms with van der Waals surface area (Å²) in [6, 6.07) is -1.03. The van der Waals surface area contributed by atoms with Crippen molar-refractivity contribution in [3.8, 4) is 0 Å². The van der Waals surface area contributed by atoms with Gasteiger partial charge in [0.2, 0.25) is 11.8 Å². The molecular weight excluding hydrogens is 518 g/mol. The van der Waals surface area contributed by atoms with Gasteiger partial charge >= 0.3 is 6.09 Å². The van der Waals surface area contributed by atoms with E-state index in [-0.39, 0.29) is 44.3 Å². The predicted molar refractivity (Wildman–Crippen MR) is 147 cm³/mol. The van der Waals surface area contributed by atoms with E-state index in [2.05, 4.69) is 16.0 Å². The molecule has 1 unspecified atom stereocenters. The third kappa shape index (κ3) is 18.4. The number of carbonyl (C=O) groups is 4. The van der Waals surface area contributed by atoms with E-state index in [1.807, 2.05) is 21.6 Å². The molecule has 1 heterocycles. The lowest BCUT2D eigenvalue weighted by Gasteiger charge is -2.23.